The lowest BCUT2D eigenvalue weighted by Gasteiger charge is -2.06. The van der Waals surface area contributed by atoms with Gasteiger partial charge in [-0.15, -0.1) is 0 Å². The van der Waals surface area contributed by atoms with Gasteiger partial charge in [-0.1, -0.05) is 11.6 Å². The number of aliphatic hydroxyl groups is 1. The van der Waals surface area contributed by atoms with Crippen LogP contribution in [0.3, 0.4) is 0 Å². The van der Waals surface area contributed by atoms with Crippen molar-refractivity contribution in [1.82, 2.24) is 0 Å². The van der Waals surface area contributed by atoms with E-state index in [0.717, 1.165) is 5.69 Å². The van der Waals surface area contributed by atoms with Crippen molar-refractivity contribution in [3.8, 4) is 6.07 Å². The highest BCUT2D eigenvalue weighted by Crippen LogP contribution is 2.19. The zero-order chi connectivity index (χ0) is 10.4. The average molecular weight is 211 g/mol. The molecular formula is C10H11ClN2O. The van der Waals surface area contributed by atoms with Gasteiger partial charge in [0.15, 0.2) is 0 Å². The van der Waals surface area contributed by atoms with Gasteiger partial charge in [0.25, 0.3) is 0 Å². The summed E-state index contributed by atoms with van der Waals surface area (Å²) in [4.78, 5) is 0. The molecule has 0 fully saturated rings. The minimum atomic E-state index is 0.141. The molecule has 0 aromatic heterocycles. The molecular weight excluding hydrogens is 200 g/mol. The molecule has 0 radical (unpaired) electrons. The number of anilines is 1. The largest absolute Gasteiger partial charge is 0.396 e. The van der Waals surface area contributed by atoms with E-state index in [0.29, 0.717) is 23.6 Å². The highest BCUT2D eigenvalue weighted by atomic mass is 35.5. The monoisotopic (exact) mass is 210 g/mol. The molecule has 1 rings (SSSR count). The second kappa shape index (κ2) is 5.48. The van der Waals surface area contributed by atoms with E-state index in [2.05, 4.69) is 11.4 Å². The Hall–Kier alpha value is -1.24. The second-order valence-corrected chi connectivity index (χ2v) is 3.24. The first-order chi connectivity index (χ1) is 6.77. The third-order valence-electron chi connectivity index (χ3n) is 1.75. The Labute approximate surface area is 87.9 Å². The fourth-order valence-electron chi connectivity index (χ4n) is 1.07. The molecule has 0 atom stereocenters. The minimum Gasteiger partial charge on any atom is -0.396 e. The van der Waals surface area contributed by atoms with Crippen LogP contribution in [0.2, 0.25) is 5.02 Å². The van der Waals surface area contributed by atoms with Gasteiger partial charge < -0.3 is 10.4 Å². The maximum atomic E-state index is 8.80. The number of nitrogens with one attached hydrogen (secondary N) is 1. The molecule has 1 aromatic rings. The van der Waals surface area contributed by atoms with Crippen molar-refractivity contribution in [2.45, 2.75) is 6.42 Å². The summed E-state index contributed by atoms with van der Waals surface area (Å²) in [5.74, 6) is 0. The smallest absolute Gasteiger partial charge is 0.101 e. The van der Waals surface area contributed by atoms with Crippen LogP contribution in [-0.4, -0.2) is 18.3 Å². The summed E-state index contributed by atoms with van der Waals surface area (Å²) in [5.41, 5.74) is 1.28. The van der Waals surface area contributed by atoms with E-state index in [1.807, 2.05) is 0 Å². The molecule has 0 spiro atoms. The zero-order valence-electron chi connectivity index (χ0n) is 7.63. The number of rotatable bonds is 4. The van der Waals surface area contributed by atoms with Gasteiger partial charge in [0.1, 0.15) is 6.07 Å². The summed E-state index contributed by atoms with van der Waals surface area (Å²) >= 11 is 5.74. The first-order valence-corrected chi connectivity index (χ1v) is 4.70. The van der Waals surface area contributed by atoms with Crippen molar-refractivity contribution in [2.24, 2.45) is 0 Å². The predicted octanol–water partition coefficient (Wildman–Crippen LogP) is 2.01. The van der Waals surface area contributed by atoms with Crippen LogP contribution in [0.1, 0.15) is 12.0 Å². The number of nitrogens with zero attached hydrogens (tertiary/aromatic N) is 1. The van der Waals surface area contributed by atoms with Crippen molar-refractivity contribution >= 4 is 17.3 Å². The number of hydrogen-bond acceptors (Lipinski definition) is 3. The molecule has 0 saturated carbocycles. The minimum absolute atomic E-state index is 0.141. The van der Waals surface area contributed by atoms with Crippen LogP contribution in [0, 0.1) is 11.3 Å². The number of benzene rings is 1. The van der Waals surface area contributed by atoms with Crippen LogP contribution >= 0.6 is 11.6 Å². The fraction of sp³-hybridized carbons (Fsp3) is 0.300. The molecule has 0 saturated heterocycles. The van der Waals surface area contributed by atoms with Gasteiger partial charge in [0.05, 0.1) is 11.3 Å². The van der Waals surface area contributed by atoms with Crippen LogP contribution in [0.4, 0.5) is 5.69 Å². The Morgan fingerprint density at radius 2 is 2.29 bits per heavy atom. The van der Waals surface area contributed by atoms with Gasteiger partial charge in [-0.05, 0) is 24.6 Å². The van der Waals surface area contributed by atoms with Crippen LogP contribution in [0.25, 0.3) is 0 Å². The first kappa shape index (κ1) is 10.8. The third kappa shape index (κ3) is 2.91. The summed E-state index contributed by atoms with van der Waals surface area (Å²) in [5, 5.41) is 21.0. The number of hydrogen-bond donors (Lipinski definition) is 2. The fourth-order valence-corrected chi connectivity index (χ4v) is 1.24. The summed E-state index contributed by atoms with van der Waals surface area (Å²) in [6.45, 7) is 0.787. The SMILES string of the molecule is N#Cc1cc(Cl)ccc1NCCCO. The number of nitriles is 1. The molecule has 74 valence electrons. The molecule has 0 aliphatic rings. The van der Waals surface area contributed by atoms with Crippen LogP contribution in [0.15, 0.2) is 18.2 Å². The molecule has 0 bridgehead atoms. The van der Waals surface area contributed by atoms with Crippen molar-refractivity contribution in [3.05, 3.63) is 28.8 Å². The van der Waals surface area contributed by atoms with Gasteiger partial charge in [0.2, 0.25) is 0 Å². The standard InChI is InChI=1S/C10H11ClN2O/c11-9-2-3-10(8(6-9)7-12)13-4-1-5-14/h2-3,6,13-14H,1,4-5H2. The molecule has 2 N–H and O–H groups in total. The molecule has 0 amide bonds. The lowest BCUT2D eigenvalue weighted by Crippen LogP contribution is -2.04. The maximum Gasteiger partial charge on any atom is 0.101 e. The van der Waals surface area contributed by atoms with Gasteiger partial charge in [0, 0.05) is 18.2 Å². The Kier molecular flexibility index (Phi) is 4.24. The number of halogens is 1. The maximum absolute atomic E-state index is 8.80. The van der Waals surface area contributed by atoms with Crippen LogP contribution in [-0.2, 0) is 0 Å². The second-order valence-electron chi connectivity index (χ2n) is 2.81. The summed E-state index contributed by atoms with van der Waals surface area (Å²) in [6, 6.07) is 7.16. The van der Waals surface area contributed by atoms with Crippen molar-refractivity contribution < 1.29 is 5.11 Å². The van der Waals surface area contributed by atoms with E-state index in [1.54, 1.807) is 18.2 Å². The Bertz CT molecular complexity index is 346. The van der Waals surface area contributed by atoms with E-state index in [1.165, 1.54) is 0 Å². The van der Waals surface area contributed by atoms with E-state index in [-0.39, 0.29) is 6.61 Å². The lowest BCUT2D eigenvalue weighted by atomic mass is 10.2. The summed E-state index contributed by atoms with van der Waals surface area (Å²) in [7, 11) is 0. The third-order valence-corrected chi connectivity index (χ3v) is 1.99. The van der Waals surface area contributed by atoms with Crippen molar-refractivity contribution in [3.63, 3.8) is 0 Å². The van der Waals surface area contributed by atoms with Crippen LogP contribution < -0.4 is 5.32 Å². The van der Waals surface area contributed by atoms with E-state index in [9.17, 15) is 0 Å². The van der Waals surface area contributed by atoms with E-state index < -0.39 is 0 Å². The molecule has 0 heterocycles. The average Bonchev–Trinajstić information content (AvgIpc) is 2.20. The Balaban J connectivity index is 2.72. The molecule has 4 heteroatoms. The molecule has 0 unspecified atom stereocenters. The normalized spacial score (nSPS) is 9.50. The van der Waals surface area contributed by atoms with E-state index in [4.69, 9.17) is 22.0 Å². The van der Waals surface area contributed by atoms with Crippen molar-refractivity contribution in [1.29, 1.82) is 5.26 Å². The predicted molar refractivity (Wildman–Crippen MR) is 56.4 cm³/mol. The van der Waals surface area contributed by atoms with Crippen LogP contribution in [0.5, 0.6) is 0 Å². The Morgan fingerprint density at radius 3 is 2.93 bits per heavy atom. The number of aliphatic hydroxyl groups excluding tert-OH is 1. The quantitative estimate of drug-likeness (QED) is 0.748. The summed E-state index contributed by atoms with van der Waals surface area (Å²) in [6.07, 6.45) is 0.660. The van der Waals surface area contributed by atoms with Gasteiger partial charge >= 0.3 is 0 Å². The molecule has 14 heavy (non-hydrogen) atoms. The van der Waals surface area contributed by atoms with Crippen molar-refractivity contribution in [2.75, 3.05) is 18.5 Å². The highest BCUT2D eigenvalue weighted by Gasteiger charge is 2.01. The molecule has 0 aliphatic carbocycles. The highest BCUT2D eigenvalue weighted by molar-refractivity contribution is 6.30. The van der Waals surface area contributed by atoms with Gasteiger partial charge in [-0.25, -0.2) is 0 Å². The summed E-state index contributed by atoms with van der Waals surface area (Å²) < 4.78 is 0. The molecule has 0 aliphatic heterocycles. The topological polar surface area (TPSA) is 56.0 Å². The van der Waals surface area contributed by atoms with Gasteiger partial charge in [-0.3, -0.25) is 0 Å². The van der Waals surface area contributed by atoms with Gasteiger partial charge in [-0.2, -0.15) is 5.26 Å². The lowest BCUT2D eigenvalue weighted by molar-refractivity contribution is 0.292. The molecule has 1 aromatic carbocycles. The Morgan fingerprint density at radius 1 is 1.50 bits per heavy atom. The molecule has 3 nitrogen and oxygen atoms in total. The first-order valence-electron chi connectivity index (χ1n) is 4.32. The van der Waals surface area contributed by atoms with E-state index >= 15 is 0 Å². The zero-order valence-corrected chi connectivity index (χ0v) is 8.38.